The maximum Gasteiger partial charge on any atom is 0.328 e. The number of aliphatic carboxylic acids is 1. The standard InChI is InChI=1S/C27H27N7O3/c1-3-34(18-7-5-4-6-8-18)14-22(27(36)37)32-26(35)16-9-10-20-17(11-16)12-21(31-20)19-13-23(28)33-25-24(19)29-15(2)30-25/h4-13,22,31H,3,14H2,1-2H3,(H,32,35)(H,36,37)(H3,28,29,30,33)/t22-/m0/s1. The van der Waals surface area contributed by atoms with Crippen LogP contribution in [0.15, 0.2) is 60.7 Å². The van der Waals surface area contributed by atoms with Crippen LogP contribution in [0.2, 0.25) is 0 Å². The van der Waals surface area contributed by atoms with Gasteiger partial charge in [0.05, 0.1) is 5.52 Å². The predicted octanol–water partition coefficient (Wildman–Crippen LogP) is 3.71. The number of para-hydroxylation sites is 1. The molecule has 1 atom stereocenters. The van der Waals surface area contributed by atoms with Crippen molar-refractivity contribution in [3.8, 4) is 11.3 Å². The van der Waals surface area contributed by atoms with Crippen LogP contribution in [0.1, 0.15) is 23.1 Å². The van der Waals surface area contributed by atoms with E-state index in [0.29, 0.717) is 23.6 Å². The van der Waals surface area contributed by atoms with Crippen molar-refractivity contribution in [1.82, 2.24) is 25.3 Å². The molecule has 0 radical (unpaired) electrons. The minimum Gasteiger partial charge on any atom is -0.480 e. The van der Waals surface area contributed by atoms with Crippen molar-refractivity contribution in [1.29, 1.82) is 0 Å². The van der Waals surface area contributed by atoms with Gasteiger partial charge in [-0.2, -0.15) is 0 Å². The first kappa shape index (κ1) is 23.9. The smallest absolute Gasteiger partial charge is 0.328 e. The number of nitrogens with zero attached hydrogens (tertiary/aromatic N) is 3. The Morgan fingerprint density at radius 3 is 2.59 bits per heavy atom. The summed E-state index contributed by atoms with van der Waals surface area (Å²) in [4.78, 5) is 42.2. The Kier molecular flexibility index (Phi) is 6.22. The number of hydrogen-bond acceptors (Lipinski definition) is 6. The monoisotopic (exact) mass is 497 g/mol. The van der Waals surface area contributed by atoms with Crippen molar-refractivity contribution in [2.24, 2.45) is 0 Å². The van der Waals surface area contributed by atoms with Gasteiger partial charge in [0.2, 0.25) is 0 Å². The normalized spacial score (nSPS) is 12.1. The summed E-state index contributed by atoms with van der Waals surface area (Å²) in [6.07, 6.45) is 0. The Labute approximate surface area is 212 Å². The van der Waals surface area contributed by atoms with Crippen molar-refractivity contribution >= 4 is 45.4 Å². The summed E-state index contributed by atoms with van der Waals surface area (Å²) in [5, 5.41) is 13.3. The summed E-state index contributed by atoms with van der Waals surface area (Å²) in [5.41, 5.74) is 11.0. The zero-order valence-corrected chi connectivity index (χ0v) is 20.4. The molecule has 5 rings (SSSR count). The van der Waals surface area contributed by atoms with Crippen molar-refractivity contribution in [2.45, 2.75) is 19.9 Å². The fourth-order valence-electron chi connectivity index (χ4n) is 4.46. The molecule has 0 aliphatic rings. The summed E-state index contributed by atoms with van der Waals surface area (Å²) in [6, 6.07) is 17.3. The number of nitrogens with one attached hydrogen (secondary N) is 3. The molecule has 0 unspecified atom stereocenters. The average Bonchev–Trinajstić information content (AvgIpc) is 3.48. The minimum absolute atomic E-state index is 0.140. The predicted molar refractivity (Wildman–Crippen MR) is 144 cm³/mol. The number of aryl methyl sites for hydroxylation is 1. The highest BCUT2D eigenvalue weighted by atomic mass is 16.4. The van der Waals surface area contributed by atoms with Crippen molar-refractivity contribution < 1.29 is 14.7 Å². The van der Waals surface area contributed by atoms with E-state index in [4.69, 9.17) is 5.73 Å². The Morgan fingerprint density at radius 1 is 1.08 bits per heavy atom. The average molecular weight is 498 g/mol. The molecule has 0 saturated heterocycles. The van der Waals surface area contributed by atoms with E-state index in [9.17, 15) is 14.7 Å². The van der Waals surface area contributed by atoms with E-state index in [1.54, 1.807) is 24.3 Å². The first-order chi connectivity index (χ1) is 17.8. The van der Waals surface area contributed by atoms with Crippen LogP contribution in [-0.4, -0.2) is 56.1 Å². The Morgan fingerprint density at radius 2 is 1.86 bits per heavy atom. The number of aromatic amines is 2. The molecule has 10 nitrogen and oxygen atoms in total. The Balaban J connectivity index is 1.40. The topological polar surface area (TPSA) is 153 Å². The third-order valence-corrected chi connectivity index (χ3v) is 6.28. The molecule has 37 heavy (non-hydrogen) atoms. The fraction of sp³-hybridized carbons (Fsp3) is 0.185. The molecule has 188 valence electrons. The molecule has 6 N–H and O–H groups in total. The molecule has 3 heterocycles. The first-order valence-corrected chi connectivity index (χ1v) is 11.9. The molecule has 5 aromatic rings. The number of amides is 1. The quantitative estimate of drug-likeness (QED) is 0.219. The molecule has 0 aliphatic heterocycles. The lowest BCUT2D eigenvalue weighted by atomic mass is 10.1. The zero-order chi connectivity index (χ0) is 26.1. The number of hydrogen-bond donors (Lipinski definition) is 5. The van der Waals surface area contributed by atoms with Crippen molar-refractivity contribution in [3.05, 3.63) is 72.1 Å². The van der Waals surface area contributed by atoms with Gasteiger partial charge < -0.3 is 31.0 Å². The number of nitrogens with two attached hydrogens (primary N) is 1. The Bertz CT molecular complexity index is 1610. The number of carboxylic acids is 1. The van der Waals surface area contributed by atoms with Crippen LogP contribution in [-0.2, 0) is 4.79 Å². The Hall–Kier alpha value is -4.86. The van der Waals surface area contributed by atoms with Gasteiger partial charge in [-0.1, -0.05) is 18.2 Å². The number of H-pyrrole nitrogens is 2. The van der Waals surface area contributed by atoms with Gasteiger partial charge in [0.15, 0.2) is 5.65 Å². The van der Waals surface area contributed by atoms with E-state index < -0.39 is 17.9 Å². The zero-order valence-electron chi connectivity index (χ0n) is 20.4. The number of imidazole rings is 1. The summed E-state index contributed by atoms with van der Waals surface area (Å²) < 4.78 is 0. The number of nitrogen functional groups attached to an aromatic ring is 1. The highest BCUT2D eigenvalue weighted by molar-refractivity contribution is 6.01. The molecule has 10 heteroatoms. The van der Waals surface area contributed by atoms with Crippen molar-refractivity contribution in [2.75, 3.05) is 23.7 Å². The molecule has 2 aromatic carbocycles. The number of pyridine rings is 1. The van der Waals surface area contributed by atoms with Crippen molar-refractivity contribution in [3.63, 3.8) is 0 Å². The fourth-order valence-corrected chi connectivity index (χ4v) is 4.46. The number of likely N-dealkylation sites (N-methyl/N-ethyl adjacent to an activating group) is 1. The van der Waals surface area contributed by atoms with Gasteiger partial charge in [-0.25, -0.2) is 14.8 Å². The molecular formula is C27H27N7O3. The lowest BCUT2D eigenvalue weighted by molar-refractivity contribution is -0.139. The largest absolute Gasteiger partial charge is 0.480 e. The summed E-state index contributed by atoms with van der Waals surface area (Å²) in [6.45, 7) is 4.53. The molecule has 0 bridgehead atoms. The van der Waals surface area contributed by atoms with E-state index in [1.165, 1.54) is 0 Å². The second-order valence-corrected chi connectivity index (χ2v) is 8.84. The highest BCUT2D eigenvalue weighted by Gasteiger charge is 2.24. The number of carbonyl (C=O) groups is 2. The number of rotatable bonds is 8. The molecular weight excluding hydrogens is 470 g/mol. The van der Waals surface area contributed by atoms with E-state index in [1.807, 2.05) is 55.1 Å². The maximum atomic E-state index is 13.1. The molecule has 0 spiro atoms. The third-order valence-electron chi connectivity index (χ3n) is 6.28. The molecule has 0 saturated carbocycles. The molecule has 3 aromatic heterocycles. The van der Waals surface area contributed by atoms with Gasteiger partial charge in [-0.05, 0) is 56.3 Å². The lowest BCUT2D eigenvalue weighted by Crippen LogP contribution is -2.48. The third kappa shape index (κ3) is 4.81. The number of carboxylic acid groups (broad SMARTS) is 1. The molecule has 0 fully saturated rings. The molecule has 1 amide bonds. The van der Waals surface area contributed by atoms with Crippen LogP contribution in [0.5, 0.6) is 0 Å². The first-order valence-electron chi connectivity index (χ1n) is 11.9. The van der Waals surface area contributed by atoms with Gasteiger partial charge in [0.25, 0.3) is 5.91 Å². The van der Waals surface area contributed by atoms with E-state index in [-0.39, 0.29) is 6.54 Å². The van der Waals surface area contributed by atoms with E-state index in [0.717, 1.165) is 39.2 Å². The number of carbonyl (C=O) groups excluding carboxylic acids is 1. The van der Waals surface area contributed by atoms with Crippen LogP contribution in [0.4, 0.5) is 11.5 Å². The van der Waals surface area contributed by atoms with Crippen LogP contribution < -0.4 is 16.0 Å². The summed E-state index contributed by atoms with van der Waals surface area (Å²) >= 11 is 0. The highest BCUT2D eigenvalue weighted by Crippen LogP contribution is 2.30. The number of aromatic nitrogens is 4. The van der Waals surface area contributed by atoms with Crippen LogP contribution in [0.3, 0.4) is 0 Å². The van der Waals surface area contributed by atoms with Gasteiger partial charge in [-0.15, -0.1) is 0 Å². The van der Waals surface area contributed by atoms with E-state index in [2.05, 4.69) is 25.3 Å². The second-order valence-electron chi connectivity index (χ2n) is 8.84. The van der Waals surface area contributed by atoms with Gasteiger partial charge in [-0.3, -0.25) is 4.79 Å². The summed E-state index contributed by atoms with van der Waals surface area (Å²) in [5.74, 6) is -0.474. The van der Waals surface area contributed by atoms with E-state index >= 15 is 0 Å². The SMILES string of the molecule is CCN(C[C@H](NC(=O)c1ccc2[nH]c(-c3cc(N)nc4nc(C)[nH]c34)cc2c1)C(=O)O)c1ccccc1. The van der Waals surface area contributed by atoms with Gasteiger partial charge in [0.1, 0.15) is 17.7 Å². The minimum atomic E-state index is -1.10. The lowest BCUT2D eigenvalue weighted by Gasteiger charge is -2.27. The number of anilines is 2. The second kappa shape index (κ2) is 9.65. The van der Waals surface area contributed by atoms with Crippen LogP contribution in [0.25, 0.3) is 33.3 Å². The van der Waals surface area contributed by atoms with Crippen LogP contribution >= 0.6 is 0 Å². The van der Waals surface area contributed by atoms with Crippen LogP contribution in [0, 0.1) is 6.92 Å². The molecule has 0 aliphatic carbocycles. The summed E-state index contributed by atoms with van der Waals surface area (Å²) in [7, 11) is 0. The maximum absolute atomic E-state index is 13.1. The number of fused-ring (bicyclic) bond motifs is 2. The van der Waals surface area contributed by atoms with Gasteiger partial charge >= 0.3 is 5.97 Å². The van der Waals surface area contributed by atoms with Gasteiger partial charge in [0, 0.05) is 46.5 Å². The number of benzene rings is 2.